The van der Waals surface area contributed by atoms with Crippen molar-refractivity contribution in [2.45, 2.75) is 18.6 Å². The summed E-state index contributed by atoms with van der Waals surface area (Å²) < 4.78 is 29.8. The van der Waals surface area contributed by atoms with Crippen molar-refractivity contribution in [1.82, 2.24) is 0 Å². The first-order valence-electron chi connectivity index (χ1n) is 2.53. The predicted molar refractivity (Wildman–Crippen MR) is 37.6 cm³/mol. The van der Waals surface area contributed by atoms with Crippen LogP contribution in [0.3, 0.4) is 0 Å². The van der Waals surface area contributed by atoms with E-state index in [1.807, 2.05) is 0 Å². The molecular formula is C4H9NaO3S2. The Hall–Kier alpha value is 1.26. The van der Waals surface area contributed by atoms with Gasteiger partial charge in [0.15, 0.2) is 0 Å². The summed E-state index contributed by atoms with van der Waals surface area (Å²) in [6.45, 7) is 1.74. The molecule has 0 saturated heterocycles. The van der Waals surface area contributed by atoms with E-state index in [0.29, 0.717) is 6.42 Å². The molecule has 0 rings (SSSR count). The maximum Gasteiger partial charge on any atom is 1.00 e. The summed E-state index contributed by atoms with van der Waals surface area (Å²) in [5.41, 5.74) is 0. The normalized spacial score (nSPS) is 13.9. The molecule has 6 heteroatoms. The van der Waals surface area contributed by atoms with Crippen LogP contribution in [0.15, 0.2) is 0 Å². The van der Waals surface area contributed by atoms with E-state index in [-0.39, 0.29) is 40.6 Å². The monoisotopic (exact) mass is 192 g/mol. The fraction of sp³-hybridized carbons (Fsp3) is 1.00. The first-order chi connectivity index (χ1) is 3.92. The standard InChI is InChI=1S/C4H10O3S2.Na/c1-4(8)2-3-9(5,6)7;/h4,8H,2-3H2,1H3,(H,5,6,7);/q;+1/p-1. The Balaban J connectivity index is 0. The zero-order valence-electron chi connectivity index (χ0n) is 6.07. The molecule has 0 aliphatic heterocycles. The van der Waals surface area contributed by atoms with Crippen LogP contribution in [0.2, 0.25) is 0 Å². The quantitative estimate of drug-likeness (QED) is 0.299. The van der Waals surface area contributed by atoms with E-state index >= 15 is 0 Å². The molecule has 0 aliphatic carbocycles. The second kappa shape index (κ2) is 5.85. The van der Waals surface area contributed by atoms with Gasteiger partial charge >= 0.3 is 29.6 Å². The van der Waals surface area contributed by atoms with Crippen molar-refractivity contribution in [3.05, 3.63) is 0 Å². The van der Waals surface area contributed by atoms with Crippen molar-refractivity contribution in [3.8, 4) is 0 Å². The minimum Gasteiger partial charge on any atom is -0.748 e. The van der Waals surface area contributed by atoms with Gasteiger partial charge in [0.2, 0.25) is 0 Å². The van der Waals surface area contributed by atoms with Crippen molar-refractivity contribution in [1.29, 1.82) is 0 Å². The molecule has 0 saturated carbocycles. The van der Waals surface area contributed by atoms with Crippen LogP contribution in [0.4, 0.5) is 0 Å². The Kier molecular flexibility index (Phi) is 8.09. The fourth-order valence-electron chi connectivity index (χ4n) is 0.315. The maximum absolute atomic E-state index is 9.95. The molecule has 0 radical (unpaired) electrons. The molecule has 3 nitrogen and oxygen atoms in total. The Morgan fingerprint density at radius 1 is 1.60 bits per heavy atom. The molecule has 0 amide bonds. The Bertz CT molecular complexity index is 163. The topological polar surface area (TPSA) is 57.2 Å². The molecule has 0 heterocycles. The van der Waals surface area contributed by atoms with Crippen LogP contribution in [0.1, 0.15) is 13.3 Å². The summed E-state index contributed by atoms with van der Waals surface area (Å²) in [7, 11) is -4.02. The second-order valence-corrected chi connectivity index (χ2v) is 4.30. The summed E-state index contributed by atoms with van der Waals surface area (Å²) in [6.07, 6.45) is 0.328. The zero-order valence-corrected chi connectivity index (χ0v) is 9.78. The zero-order chi connectivity index (χ0) is 7.49. The molecule has 0 spiro atoms. The third-order valence-corrected chi connectivity index (χ3v) is 1.78. The smallest absolute Gasteiger partial charge is 0.748 e. The molecule has 0 aromatic carbocycles. The van der Waals surface area contributed by atoms with Crippen LogP contribution in [-0.2, 0) is 10.1 Å². The van der Waals surface area contributed by atoms with Crippen molar-refractivity contribution < 1.29 is 42.5 Å². The van der Waals surface area contributed by atoms with Gasteiger partial charge in [0.25, 0.3) is 0 Å². The SMILES string of the molecule is CC(S)CCS(=O)(=O)[O-].[Na+]. The molecule has 10 heavy (non-hydrogen) atoms. The van der Waals surface area contributed by atoms with Gasteiger partial charge in [-0.1, -0.05) is 6.92 Å². The minimum atomic E-state index is -4.02. The van der Waals surface area contributed by atoms with Gasteiger partial charge in [-0.25, -0.2) is 8.42 Å². The fourth-order valence-corrected chi connectivity index (χ4v) is 1.26. The van der Waals surface area contributed by atoms with Crippen molar-refractivity contribution in [3.63, 3.8) is 0 Å². The van der Waals surface area contributed by atoms with E-state index in [1.54, 1.807) is 6.92 Å². The molecule has 0 aromatic heterocycles. The summed E-state index contributed by atoms with van der Waals surface area (Å²) in [5.74, 6) is -0.308. The summed E-state index contributed by atoms with van der Waals surface area (Å²) >= 11 is 3.91. The first-order valence-corrected chi connectivity index (χ1v) is 4.63. The Morgan fingerprint density at radius 2 is 2.00 bits per heavy atom. The van der Waals surface area contributed by atoms with E-state index in [2.05, 4.69) is 12.6 Å². The van der Waals surface area contributed by atoms with Crippen LogP contribution in [-0.4, -0.2) is 24.0 Å². The second-order valence-electron chi connectivity index (χ2n) is 1.90. The summed E-state index contributed by atoms with van der Waals surface area (Å²) in [6, 6.07) is 0. The van der Waals surface area contributed by atoms with E-state index in [0.717, 1.165) is 0 Å². The van der Waals surface area contributed by atoms with Gasteiger partial charge in [0, 0.05) is 5.75 Å². The first kappa shape index (κ1) is 13.8. The summed E-state index contributed by atoms with van der Waals surface area (Å²) in [4.78, 5) is 0. The average Bonchev–Trinajstić information content (AvgIpc) is 1.59. The van der Waals surface area contributed by atoms with Crippen molar-refractivity contribution >= 4 is 22.7 Å². The number of thiol groups is 1. The average molecular weight is 192 g/mol. The molecule has 0 aliphatic rings. The van der Waals surface area contributed by atoms with Crippen LogP contribution >= 0.6 is 12.6 Å². The van der Waals surface area contributed by atoms with Gasteiger partial charge in [-0.05, 0) is 11.7 Å². The Labute approximate surface area is 89.0 Å². The van der Waals surface area contributed by atoms with Crippen molar-refractivity contribution in [2.75, 3.05) is 5.75 Å². The number of hydrogen-bond donors (Lipinski definition) is 1. The van der Waals surface area contributed by atoms with Gasteiger partial charge in [0.05, 0.1) is 10.1 Å². The minimum absolute atomic E-state index is 0. The van der Waals surface area contributed by atoms with Gasteiger partial charge < -0.3 is 4.55 Å². The van der Waals surface area contributed by atoms with E-state index in [9.17, 15) is 13.0 Å². The van der Waals surface area contributed by atoms with Crippen LogP contribution in [0.25, 0.3) is 0 Å². The molecular weight excluding hydrogens is 183 g/mol. The predicted octanol–water partition coefficient (Wildman–Crippen LogP) is -2.76. The maximum atomic E-state index is 9.95. The molecule has 1 unspecified atom stereocenters. The molecule has 0 fully saturated rings. The van der Waals surface area contributed by atoms with Gasteiger partial charge in [-0.15, -0.1) is 0 Å². The van der Waals surface area contributed by atoms with Crippen LogP contribution < -0.4 is 29.6 Å². The van der Waals surface area contributed by atoms with Crippen LogP contribution in [0, 0.1) is 0 Å². The Morgan fingerprint density at radius 3 is 2.10 bits per heavy atom. The van der Waals surface area contributed by atoms with Crippen molar-refractivity contribution in [2.24, 2.45) is 0 Å². The van der Waals surface area contributed by atoms with Crippen LogP contribution in [0.5, 0.6) is 0 Å². The van der Waals surface area contributed by atoms with Gasteiger partial charge in [0.1, 0.15) is 0 Å². The third-order valence-electron chi connectivity index (χ3n) is 0.786. The molecule has 0 bridgehead atoms. The number of hydrogen-bond acceptors (Lipinski definition) is 4. The largest absolute Gasteiger partial charge is 1.00 e. The van der Waals surface area contributed by atoms with Gasteiger partial charge in [-0.2, -0.15) is 12.6 Å². The summed E-state index contributed by atoms with van der Waals surface area (Å²) in [5, 5.41) is -0.0197. The number of rotatable bonds is 3. The van der Waals surface area contributed by atoms with Gasteiger partial charge in [-0.3, -0.25) is 0 Å². The van der Waals surface area contributed by atoms with E-state index in [1.165, 1.54) is 0 Å². The molecule has 0 N–H and O–H groups in total. The molecule has 0 aromatic rings. The molecule has 1 atom stereocenters. The third kappa shape index (κ3) is 12.0. The van der Waals surface area contributed by atoms with E-state index in [4.69, 9.17) is 0 Å². The molecule has 56 valence electrons. The van der Waals surface area contributed by atoms with E-state index < -0.39 is 10.1 Å².